The molecule has 0 aliphatic heterocycles. The number of nitrogens with zero attached hydrogens (tertiary/aromatic N) is 1. The second-order valence-electron chi connectivity index (χ2n) is 4.82. The third-order valence-electron chi connectivity index (χ3n) is 2.86. The largest absolute Gasteiger partial charge is 0.488 e. The van der Waals surface area contributed by atoms with Crippen LogP contribution < -0.4 is 15.4 Å². The molecule has 1 aromatic rings. The van der Waals surface area contributed by atoms with Gasteiger partial charge in [-0.3, -0.25) is 0 Å². The highest BCUT2D eigenvalue weighted by Crippen LogP contribution is 2.14. The van der Waals surface area contributed by atoms with Crippen molar-refractivity contribution in [2.45, 2.75) is 26.3 Å². The van der Waals surface area contributed by atoms with Crippen molar-refractivity contribution in [1.29, 1.82) is 0 Å². The maximum absolute atomic E-state index is 12.2. The molecule has 0 radical (unpaired) electrons. The Kier molecular flexibility index (Phi) is 13.5. The highest BCUT2D eigenvalue weighted by Gasteiger charge is 2.04. The van der Waals surface area contributed by atoms with E-state index < -0.39 is 13.0 Å². The van der Waals surface area contributed by atoms with Gasteiger partial charge in [0.1, 0.15) is 12.4 Å². The molecule has 8 heteroatoms. The fourth-order valence-corrected chi connectivity index (χ4v) is 1.83. The number of halogens is 3. The van der Waals surface area contributed by atoms with Crippen molar-refractivity contribution in [3.05, 3.63) is 29.8 Å². The Labute approximate surface area is 159 Å². The number of methoxy groups -OCH3 is 1. The van der Waals surface area contributed by atoms with E-state index in [4.69, 9.17) is 9.47 Å². The molecule has 0 amide bonds. The molecule has 0 unspecified atom stereocenters. The van der Waals surface area contributed by atoms with Crippen LogP contribution in [0.5, 0.6) is 5.75 Å². The summed E-state index contributed by atoms with van der Waals surface area (Å²) in [5, 5.41) is 6.36. The summed E-state index contributed by atoms with van der Waals surface area (Å²) in [6.07, 6.45) is -1.59. The third kappa shape index (κ3) is 10.6. The molecule has 0 atom stereocenters. The zero-order valence-electron chi connectivity index (χ0n) is 14.1. The first-order valence-electron chi connectivity index (χ1n) is 7.66. The fourth-order valence-electron chi connectivity index (χ4n) is 1.83. The molecule has 0 saturated heterocycles. The number of hydrogen-bond donors (Lipinski definition) is 2. The molecule has 0 bridgehead atoms. The summed E-state index contributed by atoms with van der Waals surface area (Å²) >= 11 is 0. The van der Waals surface area contributed by atoms with Gasteiger partial charge < -0.3 is 20.1 Å². The van der Waals surface area contributed by atoms with E-state index in [-0.39, 0.29) is 24.0 Å². The Morgan fingerprint density at radius 3 is 2.75 bits per heavy atom. The summed E-state index contributed by atoms with van der Waals surface area (Å²) in [6.45, 7) is 4.04. The Hall–Kier alpha value is -1.16. The zero-order valence-corrected chi connectivity index (χ0v) is 16.4. The van der Waals surface area contributed by atoms with Gasteiger partial charge in [0.2, 0.25) is 0 Å². The van der Waals surface area contributed by atoms with Crippen LogP contribution in [0.1, 0.15) is 18.9 Å². The van der Waals surface area contributed by atoms with Crippen molar-refractivity contribution in [1.82, 2.24) is 10.6 Å². The predicted octanol–water partition coefficient (Wildman–Crippen LogP) is 3.04. The zero-order chi connectivity index (χ0) is 16.9. The fraction of sp³-hybridized carbons (Fsp3) is 0.562. The molecular formula is C16H26F2IN3O2. The number of alkyl halides is 2. The molecule has 0 spiro atoms. The first-order chi connectivity index (χ1) is 11.2. The van der Waals surface area contributed by atoms with E-state index in [0.717, 1.165) is 25.1 Å². The van der Waals surface area contributed by atoms with Gasteiger partial charge in [-0.25, -0.2) is 13.8 Å². The minimum Gasteiger partial charge on any atom is -0.488 e. The van der Waals surface area contributed by atoms with Crippen LogP contribution in [-0.4, -0.2) is 45.8 Å². The SMILES string of the molecule is CCNC(=NCc1cccc(OCC(F)F)c1)NCCCOC.I. The van der Waals surface area contributed by atoms with Gasteiger partial charge in [-0.15, -0.1) is 24.0 Å². The van der Waals surface area contributed by atoms with Gasteiger partial charge in [0.15, 0.2) is 5.96 Å². The van der Waals surface area contributed by atoms with Crippen LogP contribution in [0.25, 0.3) is 0 Å². The molecule has 0 aliphatic rings. The summed E-state index contributed by atoms with van der Waals surface area (Å²) < 4.78 is 34.3. The van der Waals surface area contributed by atoms with Gasteiger partial charge in [0, 0.05) is 26.8 Å². The number of hydrogen-bond acceptors (Lipinski definition) is 3. The molecule has 24 heavy (non-hydrogen) atoms. The average molecular weight is 457 g/mol. The second kappa shape index (κ2) is 14.2. The Morgan fingerprint density at radius 1 is 1.29 bits per heavy atom. The lowest BCUT2D eigenvalue weighted by molar-refractivity contribution is 0.0818. The lowest BCUT2D eigenvalue weighted by Gasteiger charge is -2.11. The van der Waals surface area contributed by atoms with E-state index in [1.807, 2.05) is 13.0 Å². The van der Waals surface area contributed by atoms with Crippen molar-refractivity contribution in [2.75, 3.05) is 33.4 Å². The first-order valence-corrected chi connectivity index (χ1v) is 7.66. The van der Waals surface area contributed by atoms with Crippen LogP contribution >= 0.6 is 24.0 Å². The third-order valence-corrected chi connectivity index (χ3v) is 2.86. The van der Waals surface area contributed by atoms with Crippen molar-refractivity contribution in [3.8, 4) is 5.75 Å². The van der Waals surface area contributed by atoms with Crippen molar-refractivity contribution >= 4 is 29.9 Å². The number of benzene rings is 1. The predicted molar refractivity (Wildman–Crippen MR) is 103 cm³/mol. The molecule has 5 nitrogen and oxygen atoms in total. The Bertz CT molecular complexity index is 476. The van der Waals surface area contributed by atoms with Crippen LogP contribution in [0.2, 0.25) is 0 Å². The maximum Gasteiger partial charge on any atom is 0.272 e. The number of nitrogens with one attached hydrogen (secondary N) is 2. The molecule has 0 saturated carbocycles. The van der Waals surface area contributed by atoms with E-state index >= 15 is 0 Å². The van der Waals surface area contributed by atoms with Gasteiger partial charge in [-0.1, -0.05) is 12.1 Å². The van der Waals surface area contributed by atoms with Crippen LogP contribution in [0.4, 0.5) is 8.78 Å². The van der Waals surface area contributed by atoms with Gasteiger partial charge >= 0.3 is 0 Å². The van der Waals surface area contributed by atoms with Gasteiger partial charge in [0.25, 0.3) is 6.43 Å². The standard InChI is InChI=1S/C16H25F2N3O2.HI/c1-3-19-16(20-8-5-9-22-2)21-11-13-6-4-7-14(10-13)23-12-15(17)18;/h4,6-7,10,15H,3,5,8-9,11-12H2,1-2H3,(H2,19,20,21);1H. The van der Waals surface area contributed by atoms with Crippen LogP contribution in [0.3, 0.4) is 0 Å². The number of ether oxygens (including phenoxy) is 2. The lowest BCUT2D eigenvalue weighted by atomic mass is 10.2. The summed E-state index contributed by atoms with van der Waals surface area (Å²) in [4.78, 5) is 4.47. The smallest absolute Gasteiger partial charge is 0.272 e. The van der Waals surface area contributed by atoms with E-state index in [2.05, 4.69) is 15.6 Å². The molecule has 0 fully saturated rings. The maximum atomic E-state index is 12.2. The minimum atomic E-state index is -2.48. The molecule has 0 aliphatic carbocycles. The summed E-state index contributed by atoms with van der Waals surface area (Å²) in [5.41, 5.74) is 0.894. The quantitative estimate of drug-likeness (QED) is 0.246. The number of aliphatic imine (C=N–C) groups is 1. The second-order valence-corrected chi connectivity index (χ2v) is 4.82. The highest BCUT2D eigenvalue weighted by molar-refractivity contribution is 14.0. The molecular weight excluding hydrogens is 431 g/mol. The molecule has 2 N–H and O–H groups in total. The van der Waals surface area contributed by atoms with Gasteiger partial charge in [-0.05, 0) is 31.0 Å². The minimum absolute atomic E-state index is 0. The Morgan fingerprint density at radius 2 is 2.08 bits per heavy atom. The highest BCUT2D eigenvalue weighted by atomic mass is 127. The summed E-state index contributed by atoms with van der Waals surface area (Å²) in [5.74, 6) is 1.14. The van der Waals surface area contributed by atoms with Crippen molar-refractivity contribution < 1.29 is 18.3 Å². The molecule has 0 aromatic heterocycles. The summed E-state index contributed by atoms with van der Waals surface area (Å²) in [6, 6.07) is 7.03. The molecule has 0 heterocycles. The van der Waals surface area contributed by atoms with E-state index in [1.54, 1.807) is 25.3 Å². The van der Waals surface area contributed by atoms with Gasteiger partial charge in [0.05, 0.1) is 6.54 Å². The van der Waals surface area contributed by atoms with Crippen LogP contribution in [0.15, 0.2) is 29.3 Å². The normalized spacial score (nSPS) is 11.1. The van der Waals surface area contributed by atoms with Crippen molar-refractivity contribution in [2.24, 2.45) is 4.99 Å². The van der Waals surface area contributed by atoms with Crippen LogP contribution in [0, 0.1) is 0 Å². The average Bonchev–Trinajstić information content (AvgIpc) is 2.55. The van der Waals surface area contributed by atoms with Gasteiger partial charge in [-0.2, -0.15) is 0 Å². The first kappa shape index (κ1) is 22.8. The monoisotopic (exact) mass is 457 g/mol. The topological polar surface area (TPSA) is 54.9 Å². The Balaban J connectivity index is 0.00000529. The molecule has 1 rings (SSSR count). The van der Waals surface area contributed by atoms with E-state index in [1.165, 1.54) is 0 Å². The summed E-state index contributed by atoms with van der Waals surface area (Å²) in [7, 11) is 1.67. The lowest BCUT2D eigenvalue weighted by Crippen LogP contribution is -2.38. The number of guanidine groups is 1. The molecule has 138 valence electrons. The van der Waals surface area contributed by atoms with E-state index in [9.17, 15) is 8.78 Å². The number of rotatable bonds is 10. The van der Waals surface area contributed by atoms with Crippen molar-refractivity contribution in [3.63, 3.8) is 0 Å². The molecule has 1 aromatic carbocycles. The van der Waals surface area contributed by atoms with Crippen LogP contribution in [-0.2, 0) is 11.3 Å². The van der Waals surface area contributed by atoms with E-state index in [0.29, 0.717) is 24.9 Å².